The molecule has 4 rings (SSSR count). The van der Waals surface area contributed by atoms with Crippen molar-refractivity contribution >= 4 is 37.7 Å². The lowest BCUT2D eigenvalue weighted by Crippen LogP contribution is -2.05. The third-order valence-electron chi connectivity index (χ3n) is 4.63. The zero-order chi connectivity index (χ0) is 19.1. The molecule has 0 saturated carbocycles. The lowest BCUT2D eigenvalue weighted by Gasteiger charge is -2.11. The Labute approximate surface area is 159 Å². The normalized spacial score (nSPS) is 11.2. The van der Waals surface area contributed by atoms with E-state index in [2.05, 4.69) is 22.1 Å². The number of hydrogen-bond acceptors (Lipinski definition) is 6. The number of methoxy groups -OCH3 is 1. The first-order valence-electron chi connectivity index (χ1n) is 8.41. The van der Waals surface area contributed by atoms with Crippen LogP contribution in [0.5, 0.6) is 5.88 Å². The Morgan fingerprint density at radius 2 is 1.89 bits per heavy atom. The molecular formula is C20H17N3O3S. The predicted octanol–water partition coefficient (Wildman–Crippen LogP) is 4.15. The average molecular weight is 379 g/mol. The summed E-state index contributed by atoms with van der Waals surface area (Å²) in [5, 5.41) is 10.2. The quantitative estimate of drug-likeness (QED) is 0.573. The van der Waals surface area contributed by atoms with Gasteiger partial charge in [-0.15, -0.1) is 11.3 Å². The molecule has 1 aromatic carbocycles. The number of pyridine rings is 1. The van der Waals surface area contributed by atoms with Crippen molar-refractivity contribution in [1.82, 2.24) is 15.0 Å². The number of nitrogens with zero attached hydrogens (tertiary/aromatic N) is 3. The van der Waals surface area contributed by atoms with E-state index in [1.54, 1.807) is 0 Å². The van der Waals surface area contributed by atoms with E-state index >= 15 is 0 Å². The fourth-order valence-corrected chi connectivity index (χ4v) is 4.48. The topological polar surface area (TPSA) is 85.2 Å². The van der Waals surface area contributed by atoms with Gasteiger partial charge in [-0.05, 0) is 37.0 Å². The first kappa shape index (κ1) is 17.4. The summed E-state index contributed by atoms with van der Waals surface area (Å²) in [6.07, 6.45) is 0.757. The summed E-state index contributed by atoms with van der Waals surface area (Å²) >= 11 is 1.42. The molecule has 0 amide bonds. The van der Waals surface area contributed by atoms with Crippen molar-refractivity contribution in [3.05, 3.63) is 58.5 Å². The summed E-state index contributed by atoms with van der Waals surface area (Å²) in [5.74, 6) is -1.19. The van der Waals surface area contributed by atoms with Crippen LogP contribution in [0.15, 0.2) is 30.3 Å². The molecule has 0 radical (unpaired) electrons. The van der Waals surface area contributed by atoms with Crippen LogP contribution in [-0.4, -0.2) is 33.1 Å². The summed E-state index contributed by atoms with van der Waals surface area (Å²) in [6, 6.07) is 10.2. The molecule has 27 heavy (non-hydrogen) atoms. The van der Waals surface area contributed by atoms with E-state index in [0.29, 0.717) is 10.2 Å². The molecule has 0 bridgehead atoms. The molecule has 1 N–H and O–H groups in total. The van der Waals surface area contributed by atoms with Crippen molar-refractivity contribution in [2.75, 3.05) is 7.11 Å². The van der Waals surface area contributed by atoms with Crippen LogP contribution in [0.25, 0.3) is 20.4 Å². The van der Waals surface area contributed by atoms with E-state index < -0.39 is 5.97 Å². The van der Waals surface area contributed by atoms with Crippen LogP contribution in [0.3, 0.4) is 0 Å². The number of rotatable bonds is 4. The van der Waals surface area contributed by atoms with Crippen LogP contribution < -0.4 is 4.74 Å². The maximum absolute atomic E-state index is 11.4. The van der Waals surface area contributed by atoms with Crippen LogP contribution in [0.1, 0.15) is 33.0 Å². The van der Waals surface area contributed by atoms with Gasteiger partial charge in [0.15, 0.2) is 0 Å². The van der Waals surface area contributed by atoms with Gasteiger partial charge in [0.25, 0.3) is 0 Å². The maximum atomic E-state index is 11.4. The number of aromatic nitrogens is 3. The molecule has 7 heteroatoms. The van der Waals surface area contributed by atoms with Crippen LogP contribution >= 0.6 is 11.3 Å². The van der Waals surface area contributed by atoms with E-state index in [0.717, 1.165) is 33.5 Å². The highest BCUT2D eigenvalue weighted by molar-refractivity contribution is 7.25. The molecule has 0 saturated heterocycles. The second-order valence-corrected chi connectivity index (χ2v) is 7.28. The van der Waals surface area contributed by atoms with Crippen molar-refractivity contribution in [2.45, 2.75) is 20.3 Å². The number of ether oxygens (including phenoxy) is 1. The zero-order valence-corrected chi connectivity index (χ0v) is 15.9. The molecule has 4 aromatic rings. The molecule has 0 unspecified atom stereocenters. The number of fused-ring (bicyclic) bond motifs is 3. The highest BCUT2D eigenvalue weighted by Crippen LogP contribution is 2.39. The standard InChI is InChI=1S/C20H17N3O3S/c1-10-13(9-12-7-5-4-6-8-12)11(2)21-19-14(10)15-16(27-19)18(26-3)23-17(22-15)20(24)25/h4-8H,9H2,1-3H3,(H,24,25). The minimum atomic E-state index is -1.18. The summed E-state index contributed by atoms with van der Waals surface area (Å²) < 4.78 is 6.02. The Balaban J connectivity index is 2.01. The number of aryl methyl sites for hydroxylation is 2. The highest BCUT2D eigenvalue weighted by atomic mass is 32.1. The number of thiophene rings is 1. The Morgan fingerprint density at radius 3 is 2.56 bits per heavy atom. The molecule has 136 valence electrons. The smallest absolute Gasteiger partial charge is 0.374 e. The molecule has 0 fully saturated rings. The Kier molecular flexibility index (Phi) is 4.24. The summed E-state index contributed by atoms with van der Waals surface area (Å²) in [4.78, 5) is 25.3. The number of carboxylic acid groups (broad SMARTS) is 1. The monoisotopic (exact) mass is 379 g/mol. The Hall–Kier alpha value is -3.06. The van der Waals surface area contributed by atoms with Gasteiger partial charge in [0.05, 0.1) is 12.6 Å². The summed E-state index contributed by atoms with van der Waals surface area (Å²) in [6.45, 7) is 4.04. The van der Waals surface area contributed by atoms with Gasteiger partial charge in [0.2, 0.25) is 11.7 Å². The molecule has 0 atom stereocenters. The van der Waals surface area contributed by atoms with Gasteiger partial charge < -0.3 is 9.84 Å². The largest absolute Gasteiger partial charge is 0.480 e. The first-order chi connectivity index (χ1) is 13.0. The van der Waals surface area contributed by atoms with E-state index in [4.69, 9.17) is 9.72 Å². The van der Waals surface area contributed by atoms with Crippen LogP contribution in [0, 0.1) is 13.8 Å². The molecule has 0 aliphatic carbocycles. The van der Waals surface area contributed by atoms with Gasteiger partial charge >= 0.3 is 5.97 Å². The first-order valence-corrected chi connectivity index (χ1v) is 9.22. The van der Waals surface area contributed by atoms with Gasteiger partial charge in [-0.3, -0.25) is 0 Å². The van der Waals surface area contributed by atoms with Gasteiger partial charge in [-0.1, -0.05) is 30.3 Å². The molecule has 3 heterocycles. The van der Waals surface area contributed by atoms with E-state index in [-0.39, 0.29) is 11.7 Å². The fourth-order valence-electron chi connectivity index (χ4n) is 3.29. The maximum Gasteiger partial charge on any atom is 0.374 e. The van der Waals surface area contributed by atoms with Crippen molar-refractivity contribution in [2.24, 2.45) is 0 Å². The van der Waals surface area contributed by atoms with E-state index in [1.165, 1.54) is 24.0 Å². The van der Waals surface area contributed by atoms with E-state index in [9.17, 15) is 9.90 Å². The summed E-state index contributed by atoms with van der Waals surface area (Å²) in [5.41, 5.74) is 4.93. The predicted molar refractivity (Wildman–Crippen MR) is 105 cm³/mol. The van der Waals surface area contributed by atoms with Gasteiger partial charge in [-0.2, -0.15) is 4.98 Å². The minimum absolute atomic E-state index is 0.266. The van der Waals surface area contributed by atoms with Gasteiger partial charge in [-0.25, -0.2) is 14.8 Å². The second kappa shape index (κ2) is 6.59. The fraction of sp³-hybridized carbons (Fsp3) is 0.200. The lowest BCUT2D eigenvalue weighted by atomic mass is 9.97. The Bertz CT molecular complexity index is 1190. The van der Waals surface area contributed by atoms with Crippen molar-refractivity contribution < 1.29 is 14.6 Å². The van der Waals surface area contributed by atoms with Crippen molar-refractivity contribution in [3.8, 4) is 5.88 Å². The van der Waals surface area contributed by atoms with Gasteiger partial charge in [0.1, 0.15) is 9.53 Å². The average Bonchev–Trinajstić information content (AvgIpc) is 3.03. The third kappa shape index (κ3) is 2.90. The number of hydrogen-bond donors (Lipinski definition) is 1. The molecule has 6 nitrogen and oxygen atoms in total. The zero-order valence-electron chi connectivity index (χ0n) is 15.1. The number of carbonyl (C=O) groups is 1. The van der Waals surface area contributed by atoms with Crippen molar-refractivity contribution in [3.63, 3.8) is 0 Å². The SMILES string of the molecule is COc1nc(C(=O)O)nc2c1sc1nc(C)c(Cc3ccccc3)c(C)c12. The third-order valence-corrected chi connectivity index (χ3v) is 5.69. The lowest BCUT2D eigenvalue weighted by molar-refractivity contribution is 0.0683. The molecule has 0 aliphatic rings. The number of benzene rings is 1. The van der Waals surface area contributed by atoms with Crippen LogP contribution in [0.2, 0.25) is 0 Å². The molecular weight excluding hydrogens is 362 g/mol. The van der Waals surface area contributed by atoms with Crippen LogP contribution in [0.4, 0.5) is 0 Å². The molecule has 0 spiro atoms. The molecule has 3 aromatic heterocycles. The minimum Gasteiger partial charge on any atom is -0.480 e. The van der Waals surface area contributed by atoms with Gasteiger partial charge in [0, 0.05) is 11.1 Å². The highest BCUT2D eigenvalue weighted by Gasteiger charge is 2.21. The summed E-state index contributed by atoms with van der Waals surface area (Å²) in [7, 11) is 1.48. The Morgan fingerprint density at radius 1 is 1.15 bits per heavy atom. The van der Waals surface area contributed by atoms with Crippen molar-refractivity contribution in [1.29, 1.82) is 0 Å². The molecule has 0 aliphatic heterocycles. The van der Waals surface area contributed by atoms with E-state index in [1.807, 2.05) is 32.0 Å². The number of carboxylic acids is 1. The van der Waals surface area contributed by atoms with Crippen LogP contribution in [-0.2, 0) is 6.42 Å². The second-order valence-electron chi connectivity index (χ2n) is 6.28. The number of aromatic carboxylic acids is 1.